The van der Waals surface area contributed by atoms with Gasteiger partial charge >= 0.3 is 11.9 Å². The van der Waals surface area contributed by atoms with Crippen LogP contribution in [0.1, 0.15) is 32.1 Å². The van der Waals surface area contributed by atoms with Crippen LogP contribution in [0.15, 0.2) is 0 Å². The molecule has 1 saturated carbocycles. The van der Waals surface area contributed by atoms with Crippen LogP contribution >= 0.6 is 0 Å². The van der Waals surface area contributed by atoms with Crippen molar-refractivity contribution >= 4 is 11.9 Å². The van der Waals surface area contributed by atoms with Crippen molar-refractivity contribution in [2.45, 2.75) is 32.1 Å². The zero-order valence-corrected chi connectivity index (χ0v) is 7.40. The molecule has 13 heavy (non-hydrogen) atoms. The van der Waals surface area contributed by atoms with Gasteiger partial charge in [0.2, 0.25) is 0 Å². The maximum Gasteiger partial charge on any atom is 0.307 e. The van der Waals surface area contributed by atoms with Crippen molar-refractivity contribution in [3.8, 4) is 0 Å². The van der Waals surface area contributed by atoms with Crippen LogP contribution in [-0.4, -0.2) is 22.2 Å². The number of carbonyl (C=O) groups is 2. The molecule has 2 N–H and O–H groups in total. The van der Waals surface area contributed by atoms with Gasteiger partial charge < -0.3 is 10.2 Å². The quantitative estimate of drug-likeness (QED) is 0.679. The van der Waals surface area contributed by atoms with Gasteiger partial charge in [0.1, 0.15) is 0 Å². The molecule has 1 fully saturated rings. The Balaban J connectivity index is 2.36. The van der Waals surface area contributed by atoms with Crippen LogP contribution in [0.4, 0.5) is 0 Å². The van der Waals surface area contributed by atoms with Crippen LogP contribution in [0, 0.1) is 11.8 Å². The fraction of sp³-hybridized carbons (Fsp3) is 0.778. The largest absolute Gasteiger partial charge is 0.481 e. The van der Waals surface area contributed by atoms with Crippen LogP contribution < -0.4 is 0 Å². The first-order valence-electron chi connectivity index (χ1n) is 4.54. The number of hydrogen-bond acceptors (Lipinski definition) is 2. The Bertz CT molecular complexity index is 208. The second-order valence-electron chi connectivity index (χ2n) is 3.67. The van der Waals surface area contributed by atoms with Gasteiger partial charge in [-0.1, -0.05) is 19.3 Å². The molecule has 0 aromatic carbocycles. The second kappa shape index (κ2) is 4.25. The lowest BCUT2D eigenvalue weighted by Crippen LogP contribution is -2.24. The first-order valence-corrected chi connectivity index (χ1v) is 4.54. The molecule has 0 bridgehead atoms. The molecule has 0 aliphatic heterocycles. The number of carboxylic acids is 2. The van der Waals surface area contributed by atoms with E-state index >= 15 is 0 Å². The van der Waals surface area contributed by atoms with Crippen molar-refractivity contribution in [3.05, 3.63) is 0 Å². The van der Waals surface area contributed by atoms with Crippen LogP contribution in [0.3, 0.4) is 0 Å². The Morgan fingerprint density at radius 2 is 1.92 bits per heavy atom. The molecule has 0 amide bonds. The summed E-state index contributed by atoms with van der Waals surface area (Å²) < 4.78 is 0. The summed E-state index contributed by atoms with van der Waals surface area (Å²) in [5.74, 6) is -2.25. The lowest BCUT2D eigenvalue weighted by atomic mass is 9.78. The summed E-state index contributed by atoms with van der Waals surface area (Å²) in [4.78, 5) is 21.0. The third kappa shape index (κ3) is 3.05. The minimum absolute atomic E-state index is 0.244. The van der Waals surface area contributed by atoms with E-state index in [2.05, 4.69) is 0 Å². The number of hydrogen-bond donors (Lipinski definition) is 2. The fourth-order valence-electron chi connectivity index (χ4n) is 1.61. The van der Waals surface area contributed by atoms with E-state index in [0.29, 0.717) is 12.3 Å². The third-order valence-corrected chi connectivity index (χ3v) is 2.61. The Labute approximate surface area is 76.6 Å². The molecule has 0 unspecified atom stereocenters. The van der Waals surface area contributed by atoms with Crippen molar-refractivity contribution in [3.63, 3.8) is 0 Å². The highest BCUT2D eigenvalue weighted by molar-refractivity contribution is 5.77. The summed E-state index contributed by atoms with van der Waals surface area (Å²) in [5, 5.41) is 17.2. The molecule has 1 rings (SSSR count). The minimum atomic E-state index is -1.02. The van der Waals surface area contributed by atoms with Crippen LogP contribution in [0.2, 0.25) is 0 Å². The Kier molecular flexibility index (Phi) is 3.28. The van der Waals surface area contributed by atoms with Gasteiger partial charge in [0.25, 0.3) is 0 Å². The summed E-state index contributed by atoms with van der Waals surface area (Å²) in [6.45, 7) is 0. The Morgan fingerprint density at radius 3 is 2.23 bits per heavy atom. The normalized spacial score (nSPS) is 19.1. The molecule has 4 nitrogen and oxygen atoms in total. The zero-order chi connectivity index (χ0) is 9.84. The number of rotatable bonds is 5. The van der Waals surface area contributed by atoms with Gasteiger partial charge in [-0.15, -0.1) is 0 Å². The maximum absolute atomic E-state index is 10.6. The van der Waals surface area contributed by atoms with Crippen LogP contribution in [0.25, 0.3) is 0 Å². The summed E-state index contributed by atoms with van der Waals surface area (Å²) in [6, 6.07) is 0. The van der Waals surface area contributed by atoms with Crippen molar-refractivity contribution in [1.82, 2.24) is 0 Å². The SMILES string of the molecule is O=C(O)C[C@@H](CC1CCC1)C(=O)O. The van der Waals surface area contributed by atoms with Gasteiger partial charge in [-0.05, 0) is 12.3 Å². The maximum atomic E-state index is 10.6. The molecular formula is C9H14O4. The predicted octanol–water partition coefficient (Wildman–Crippen LogP) is 1.35. The second-order valence-corrected chi connectivity index (χ2v) is 3.67. The van der Waals surface area contributed by atoms with Crippen molar-refractivity contribution in [2.75, 3.05) is 0 Å². The van der Waals surface area contributed by atoms with Crippen molar-refractivity contribution in [1.29, 1.82) is 0 Å². The molecule has 0 saturated heterocycles. The molecular weight excluding hydrogens is 172 g/mol. The average Bonchev–Trinajstić information content (AvgIpc) is 1.92. The molecule has 1 aliphatic rings. The molecule has 0 radical (unpaired) electrons. The summed E-state index contributed by atoms with van der Waals surface area (Å²) in [5.41, 5.74) is 0. The molecule has 0 aromatic rings. The first kappa shape index (κ1) is 10.0. The fourth-order valence-corrected chi connectivity index (χ4v) is 1.61. The summed E-state index contributed by atoms with van der Waals surface area (Å²) in [7, 11) is 0. The molecule has 1 aliphatic carbocycles. The van der Waals surface area contributed by atoms with Crippen LogP contribution in [0.5, 0.6) is 0 Å². The van der Waals surface area contributed by atoms with E-state index < -0.39 is 17.9 Å². The Morgan fingerprint density at radius 1 is 1.31 bits per heavy atom. The van der Waals surface area contributed by atoms with E-state index in [-0.39, 0.29) is 6.42 Å². The van der Waals surface area contributed by atoms with E-state index in [1.807, 2.05) is 0 Å². The smallest absolute Gasteiger partial charge is 0.307 e. The predicted molar refractivity (Wildman–Crippen MR) is 45.3 cm³/mol. The molecule has 74 valence electrons. The zero-order valence-electron chi connectivity index (χ0n) is 7.40. The van der Waals surface area contributed by atoms with E-state index in [9.17, 15) is 9.59 Å². The van der Waals surface area contributed by atoms with Gasteiger partial charge in [-0.25, -0.2) is 0 Å². The van der Waals surface area contributed by atoms with Crippen LogP contribution in [-0.2, 0) is 9.59 Å². The van der Waals surface area contributed by atoms with E-state index in [1.54, 1.807) is 0 Å². The topological polar surface area (TPSA) is 74.6 Å². The van der Waals surface area contributed by atoms with E-state index in [4.69, 9.17) is 10.2 Å². The highest BCUT2D eigenvalue weighted by atomic mass is 16.4. The first-order chi connectivity index (χ1) is 6.09. The molecule has 0 heterocycles. The highest BCUT2D eigenvalue weighted by Crippen LogP contribution is 2.33. The molecule has 4 heteroatoms. The van der Waals surface area contributed by atoms with Crippen molar-refractivity contribution < 1.29 is 19.8 Å². The summed E-state index contributed by atoms with van der Waals surface area (Å²) >= 11 is 0. The van der Waals surface area contributed by atoms with Gasteiger partial charge in [-0.2, -0.15) is 0 Å². The molecule has 0 aromatic heterocycles. The minimum Gasteiger partial charge on any atom is -0.481 e. The number of carboxylic acid groups (broad SMARTS) is 2. The summed E-state index contributed by atoms with van der Waals surface area (Å²) in [6.07, 6.45) is 3.56. The van der Waals surface area contributed by atoms with Gasteiger partial charge in [0.15, 0.2) is 0 Å². The van der Waals surface area contributed by atoms with Crippen molar-refractivity contribution in [2.24, 2.45) is 11.8 Å². The Hall–Kier alpha value is -1.06. The van der Waals surface area contributed by atoms with E-state index in [0.717, 1.165) is 19.3 Å². The number of aliphatic carboxylic acids is 2. The monoisotopic (exact) mass is 186 g/mol. The lowest BCUT2D eigenvalue weighted by Gasteiger charge is -2.27. The molecule has 1 atom stereocenters. The van der Waals surface area contributed by atoms with Gasteiger partial charge in [0, 0.05) is 0 Å². The third-order valence-electron chi connectivity index (χ3n) is 2.61. The highest BCUT2D eigenvalue weighted by Gasteiger charge is 2.27. The van der Waals surface area contributed by atoms with Gasteiger partial charge in [0.05, 0.1) is 12.3 Å². The van der Waals surface area contributed by atoms with Gasteiger partial charge in [-0.3, -0.25) is 9.59 Å². The van der Waals surface area contributed by atoms with E-state index in [1.165, 1.54) is 0 Å². The standard InChI is InChI=1S/C9H14O4/c10-8(11)5-7(9(12)13)4-6-2-1-3-6/h6-7H,1-5H2,(H,10,11)(H,12,13)/t7-/m1/s1. The average molecular weight is 186 g/mol. The molecule has 0 spiro atoms. The lowest BCUT2D eigenvalue weighted by molar-refractivity contribution is -0.149.